The van der Waals surface area contributed by atoms with Crippen LogP contribution < -0.4 is 15.6 Å². The largest absolute Gasteiger partial charge is 0.497 e. The second-order valence-electron chi connectivity index (χ2n) is 6.68. The van der Waals surface area contributed by atoms with Crippen molar-refractivity contribution in [2.24, 2.45) is 0 Å². The number of benzene rings is 1. The van der Waals surface area contributed by atoms with E-state index in [-0.39, 0.29) is 11.1 Å². The average molecular weight is 415 g/mol. The molecule has 2 amide bonds. The summed E-state index contributed by atoms with van der Waals surface area (Å²) in [5, 5.41) is 9.46. The number of nitrogens with zero attached hydrogens (tertiary/aromatic N) is 3. The Kier molecular flexibility index (Phi) is 6.48. The van der Waals surface area contributed by atoms with E-state index in [0.29, 0.717) is 0 Å². The molecule has 156 valence electrons. The van der Waals surface area contributed by atoms with Crippen LogP contribution in [0.3, 0.4) is 0 Å². The lowest BCUT2D eigenvalue weighted by atomic mass is 10.1. The SMILES string of the molecule is COc1ccc(-n2c(C)cc(C=C(C#N)C(=O)NNC(=O)c3cccnc3)c2C)cc1. The first-order valence-electron chi connectivity index (χ1n) is 9.40. The molecular formula is C23H21N5O3. The van der Waals surface area contributed by atoms with Gasteiger partial charge in [-0.05, 0) is 68.0 Å². The topological polar surface area (TPSA) is 109 Å². The molecular weight excluding hydrogens is 394 g/mol. The highest BCUT2D eigenvalue weighted by atomic mass is 16.5. The monoisotopic (exact) mass is 415 g/mol. The second kappa shape index (κ2) is 9.41. The molecule has 8 nitrogen and oxygen atoms in total. The maximum atomic E-state index is 12.4. The van der Waals surface area contributed by atoms with E-state index in [9.17, 15) is 14.9 Å². The third-order valence-electron chi connectivity index (χ3n) is 4.68. The standard InChI is InChI=1S/C23H21N5O3/c1-15-11-18(16(2)28(15)20-6-8-21(31-3)9-7-20)12-19(13-24)23(30)27-26-22(29)17-5-4-10-25-14-17/h4-12,14H,1-3H3,(H,26,29)(H,27,30). The van der Waals surface area contributed by atoms with Gasteiger partial charge in [0, 0.05) is 29.5 Å². The average Bonchev–Trinajstić information content (AvgIpc) is 3.08. The summed E-state index contributed by atoms with van der Waals surface area (Å²) in [7, 11) is 1.61. The van der Waals surface area contributed by atoms with E-state index in [1.165, 1.54) is 18.5 Å². The van der Waals surface area contributed by atoms with Gasteiger partial charge in [0.05, 0.1) is 12.7 Å². The maximum Gasteiger partial charge on any atom is 0.280 e. The van der Waals surface area contributed by atoms with Gasteiger partial charge in [-0.2, -0.15) is 5.26 Å². The van der Waals surface area contributed by atoms with E-state index in [0.717, 1.165) is 28.4 Å². The summed E-state index contributed by atoms with van der Waals surface area (Å²) in [6.07, 6.45) is 4.40. The zero-order valence-electron chi connectivity index (χ0n) is 17.3. The molecule has 3 aromatic rings. The van der Waals surface area contributed by atoms with Gasteiger partial charge in [-0.25, -0.2) is 0 Å². The van der Waals surface area contributed by atoms with Crippen LogP contribution in [-0.4, -0.2) is 28.5 Å². The highest BCUT2D eigenvalue weighted by molar-refractivity contribution is 6.03. The van der Waals surface area contributed by atoms with Crippen molar-refractivity contribution in [3.8, 4) is 17.5 Å². The van der Waals surface area contributed by atoms with Crippen LogP contribution in [0.1, 0.15) is 27.3 Å². The van der Waals surface area contributed by atoms with Gasteiger partial charge in [0.1, 0.15) is 17.4 Å². The van der Waals surface area contributed by atoms with Crippen LogP contribution in [0.5, 0.6) is 5.75 Å². The number of hydrazine groups is 1. The zero-order chi connectivity index (χ0) is 22.4. The van der Waals surface area contributed by atoms with Gasteiger partial charge >= 0.3 is 0 Å². The number of pyridine rings is 1. The summed E-state index contributed by atoms with van der Waals surface area (Å²) in [5.74, 6) is -0.492. The van der Waals surface area contributed by atoms with Crippen molar-refractivity contribution in [2.75, 3.05) is 7.11 Å². The molecule has 8 heteroatoms. The number of nitrogens with one attached hydrogen (secondary N) is 2. The Bertz CT molecular complexity index is 1170. The van der Waals surface area contributed by atoms with E-state index < -0.39 is 11.8 Å². The van der Waals surface area contributed by atoms with Crippen molar-refractivity contribution in [1.29, 1.82) is 5.26 Å². The normalized spacial score (nSPS) is 10.8. The summed E-state index contributed by atoms with van der Waals surface area (Å²) in [6.45, 7) is 3.84. The van der Waals surface area contributed by atoms with E-state index >= 15 is 0 Å². The number of amides is 2. The lowest BCUT2D eigenvalue weighted by Gasteiger charge is -2.10. The Hall–Kier alpha value is -4.38. The van der Waals surface area contributed by atoms with Crippen LogP contribution in [0.2, 0.25) is 0 Å². The number of ether oxygens (including phenoxy) is 1. The van der Waals surface area contributed by atoms with Crippen molar-refractivity contribution >= 4 is 17.9 Å². The molecule has 0 aliphatic heterocycles. The molecule has 0 bridgehead atoms. The number of carbonyl (C=O) groups excluding carboxylic acids is 2. The van der Waals surface area contributed by atoms with Crippen molar-refractivity contribution in [3.05, 3.63) is 82.9 Å². The third kappa shape index (κ3) is 4.79. The van der Waals surface area contributed by atoms with E-state index in [1.54, 1.807) is 19.2 Å². The Morgan fingerprint density at radius 1 is 1.16 bits per heavy atom. The number of hydrogen-bond acceptors (Lipinski definition) is 5. The fraction of sp³-hybridized carbons (Fsp3) is 0.130. The van der Waals surface area contributed by atoms with E-state index in [2.05, 4.69) is 15.8 Å². The molecule has 31 heavy (non-hydrogen) atoms. The fourth-order valence-electron chi connectivity index (χ4n) is 3.12. The lowest BCUT2D eigenvalue weighted by molar-refractivity contribution is -0.117. The number of aromatic nitrogens is 2. The van der Waals surface area contributed by atoms with Crippen molar-refractivity contribution in [2.45, 2.75) is 13.8 Å². The Balaban J connectivity index is 1.79. The Morgan fingerprint density at radius 2 is 1.90 bits per heavy atom. The van der Waals surface area contributed by atoms with Gasteiger partial charge in [-0.15, -0.1) is 0 Å². The van der Waals surface area contributed by atoms with Gasteiger partial charge in [-0.3, -0.25) is 25.4 Å². The zero-order valence-corrected chi connectivity index (χ0v) is 17.3. The first kappa shape index (κ1) is 21.3. The summed E-state index contributed by atoms with van der Waals surface area (Å²) in [4.78, 5) is 28.3. The highest BCUT2D eigenvalue weighted by Gasteiger charge is 2.15. The number of methoxy groups -OCH3 is 1. The minimum absolute atomic E-state index is 0.138. The summed E-state index contributed by atoms with van der Waals surface area (Å²) < 4.78 is 7.22. The number of rotatable bonds is 5. The molecule has 0 spiro atoms. The minimum atomic E-state index is -0.714. The Labute approximate surface area is 179 Å². The maximum absolute atomic E-state index is 12.4. The molecule has 0 atom stereocenters. The van der Waals surface area contributed by atoms with Gasteiger partial charge in [0.25, 0.3) is 11.8 Å². The molecule has 0 radical (unpaired) electrons. The van der Waals surface area contributed by atoms with Crippen molar-refractivity contribution in [3.63, 3.8) is 0 Å². The van der Waals surface area contributed by atoms with E-state index in [4.69, 9.17) is 4.74 Å². The molecule has 1 aromatic carbocycles. The number of carbonyl (C=O) groups is 2. The predicted molar refractivity (Wildman–Crippen MR) is 115 cm³/mol. The number of aryl methyl sites for hydroxylation is 1. The Morgan fingerprint density at radius 3 is 2.52 bits per heavy atom. The van der Waals surface area contributed by atoms with Crippen molar-refractivity contribution in [1.82, 2.24) is 20.4 Å². The highest BCUT2D eigenvalue weighted by Crippen LogP contribution is 2.24. The molecule has 0 aliphatic rings. The van der Waals surface area contributed by atoms with Gasteiger partial charge in [0.15, 0.2) is 0 Å². The fourth-order valence-corrected chi connectivity index (χ4v) is 3.12. The molecule has 3 rings (SSSR count). The van der Waals surface area contributed by atoms with Gasteiger partial charge < -0.3 is 9.30 Å². The smallest absolute Gasteiger partial charge is 0.280 e. The first-order valence-corrected chi connectivity index (χ1v) is 9.40. The quantitative estimate of drug-likeness (QED) is 0.378. The van der Waals surface area contributed by atoms with Crippen molar-refractivity contribution < 1.29 is 14.3 Å². The third-order valence-corrected chi connectivity index (χ3v) is 4.68. The van der Waals surface area contributed by atoms with Gasteiger partial charge in [0.2, 0.25) is 0 Å². The number of nitriles is 1. The molecule has 2 heterocycles. The summed E-state index contributed by atoms with van der Waals surface area (Å²) in [6, 6.07) is 14.5. The molecule has 2 N–H and O–H groups in total. The summed E-state index contributed by atoms with van der Waals surface area (Å²) in [5.41, 5.74) is 8.15. The van der Waals surface area contributed by atoms with Crippen LogP contribution >= 0.6 is 0 Å². The molecule has 0 fully saturated rings. The van der Waals surface area contributed by atoms with Crippen LogP contribution in [0.25, 0.3) is 11.8 Å². The molecule has 0 saturated heterocycles. The second-order valence-corrected chi connectivity index (χ2v) is 6.68. The predicted octanol–water partition coefficient (Wildman–Crippen LogP) is 2.87. The lowest BCUT2D eigenvalue weighted by Crippen LogP contribution is -2.42. The van der Waals surface area contributed by atoms with Crippen LogP contribution in [0, 0.1) is 25.2 Å². The molecule has 2 aromatic heterocycles. The molecule has 0 aliphatic carbocycles. The molecule has 0 saturated carbocycles. The van der Waals surface area contributed by atoms with Gasteiger partial charge in [-0.1, -0.05) is 0 Å². The van der Waals surface area contributed by atoms with E-state index in [1.807, 2.05) is 54.8 Å². The molecule has 0 unspecified atom stereocenters. The van der Waals surface area contributed by atoms with Crippen LogP contribution in [0.15, 0.2) is 60.4 Å². The van der Waals surface area contributed by atoms with Crippen LogP contribution in [0.4, 0.5) is 0 Å². The number of hydrogen-bond donors (Lipinski definition) is 2. The summed E-state index contributed by atoms with van der Waals surface area (Å²) >= 11 is 0. The minimum Gasteiger partial charge on any atom is -0.497 e. The van der Waals surface area contributed by atoms with Crippen LogP contribution in [-0.2, 0) is 4.79 Å². The first-order chi connectivity index (χ1) is 14.9.